The highest BCUT2D eigenvalue weighted by molar-refractivity contribution is 5.89. The molecule has 11 nitrogen and oxygen atoms in total. The second kappa shape index (κ2) is 7.19. The van der Waals surface area contributed by atoms with Crippen molar-refractivity contribution in [3.05, 3.63) is 35.9 Å². The first-order valence-corrected chi connectivity index (χ1v) is 11.4. The Kier molecular flexibility index (Phi) is 4.81. The number of carbonyl (C=O) groups is 1. The number of aliphatic hydroxyl groups is 5. The van der Waals surface area contributed by atoms with E-state index in [-0.39, 0.29) is 19.4 Å². The van der Waals surface area contributed by atoms with E-state index in [2.05, 4.69) is 0 Å². The van der Waals surface area contributed by atoms with Crippen LogP contribution < -0.4 is 0 Å². The lowest BCUT2D eigenvalue weighted by atomic mass is 9.41. The van der Waals surface area contributed by atoms with Crippen molar-refractivity contribution in [3.8, 4) is 0 Å². The molecule has 4 heterocycles. The Balaban J connectivity index is 1.32. The van der Waals surface area contributed by atoms with Crippen molar-refractivity contribution < 1.29 is 54.0 Å². The van der Waals surface area contributed by atoms with Gasteiger partial charge in [-0.25, -0.2) is 4.79 Å². The molecule has 0 amide bonds. The molecule has 4 saturated heterocycles. The predicted octanol–water partition coefficient (Wildman–Crippen LogP) is -1.36. The number of ether oxygens (including phenoxy) is 5. The molecule has 4 aliphatic heterocycles. The molecule has 1 aromatic carbocycles. The van der Waals surface area contributed by atoms with Gasteiger partial charge in [-0.3, -0.25) is 0 Å². The summed E-state index contributed by atoms with van der Waals surface area (Å²) in [6.45, 7) is 0.985. The minimum Gasteiger partial charge on any atom is -0.461 e. The summed E-state index contributed by atoms with van der Waals surface area (Å²) in [6.07, 6.45) is -7.87. The van der Waals surface area contributed by atoms with Gasteiger partial charge in [-0.05, 0) is 25.5 Å². The third-order valence-corrected chi connectivity index (χ3v) is 8.57. The molecule has 3 saturated carbocycles. The van der Waals surface area contributed by atoms with Gasteiger partial charge in [-0.2, -0.15) is 0 Å². The van der Waals surface area contributed by atoms with Crippen molar-refractivity contribution >= 4 is 5.97 Å². The van der Waals surface area contributed by atoms with Crippen LogP contribution in [0.15, 0.2) is 30.3 Å². The molecular weight excluding hydrogens is 452 g/mol. The van der Waals surface area contributed by atoms with E-state index in [4.69, 9.17) is 23.7 Å². The minimum absolute atomic E-state index is 0.0902. The monoisotopic (exact) mass is 480 g/mol. The topological polar surface area (TPSA) is 164 Å². The van der Waals surface area contributed by atoms with Crippen molar-refractivity contribution in [1.29, 1.82) is 0 Å². The SMILES string of the molecule is CC12C[C@]3(O)O[C@@H](O1)[C@]1(COC(=O)c4ccccc4)[C@@H]3CC21OC1OC(CO)C(O)C(O)C1O. The zero-order valence-corrected chi connectivity index (χ0v) is 18.4. The molecule has 7 aliphatic rings. The normalized spacial score (nSPS) is 52.5. The first kappa shape index (κ1) is 22.8. The standard InChI is InChI=1S/C23H28O11/c1-20-9-22(29)13-7-23(20,32-18-16(27)15(26)14(25)12(8-24)31-18)21(13,19(33-20)34-22)10-30-17(28)11-5-3-2-4-6-11/h2-6,12-16,18-19,24-27,29H,7-10H2,1H3/t12?,13-,14?,15?,16?,18?,19+,20?,21-,22-,23?/m0/s1. The van der Waals surface area contributed by atoms with Crippen molar-refractivity contribution in [2.45, 2.75) is 73.8 Å². The summed E-state index contributed by atoms with van der Waals surface area (Å²) in [7, 11) is 0. The molecule has 11 heteroatoms. The number of hydrogen-bond donors (Lipinski definition) is 5. The molecule has 7 unspecified atom stereocenters. The summed E-state index contributed by atoms with van der Waals surface area (Å²) in [5, 5.41) is 51.7. The molecule has 8 rings (SSSR count). The Labute approximate surface area is 194 Å². The molecule has 7 fully saturated rings. The fourth-order valence-corrected chi connectivity index (χ4v) is 6.87. The summed E-state index contributed by atoms with van der Waals surface area (Å²) in [6, 6.07) is 8.47. The van der Waals surface area contributed by atoms with E-state index in [1.807, 2.05) is 0 Å². The van der Waals surface area contributed by atoms with Crippen LogP contribution in [0.25, 0.3) is 0 Å². The van der Waals surface area contributed by atoms with Gasteiger partial charge in [0.25, 0.3) is 0 Å². The van der Waals surface area contributed by atoms with Gasteiger partial charge in [0.1, 0.15) is 42.2 Å². The van der Waals surface area contributed by atoms with Gasteiger partial charge in [0.2, 0.25) is 0 Å². The Morgan fingerprint density at radius 1 is 1.12 bits per heavy atom. The smallest absolute Gasteiger partial charge is 0.338 e. The molecule has 3 aliphatic carbocycles. The maximum absolute atomic E-state index is 12.7. The van der Waals surface area contributed by atoms with Gasteiger partial charge in [-0.15, -0.1) is 0 Å². The first-order chi connectivity index (χ1) is 16.1. The highest BCUT2D eigenvalue weighted by Crippen LogP contribution is 2.81. The lowest BCUT2D eigenvalue weighted by Crippen LogP contribution is -2.80. The van der Waals surface area contributed by atoms with E-state index in [0.717, 1.165) is 0 Å². The van der Waals surface area contributed by atoms with Crippen molar-refractivity contribution in [3.63, 3.8) is 0 Å². The summed E-state index contributed by atoms with van der Waals surface area (Å²) in [5.74, 6) is -2.49. The minimum atomic E-state index is -1.61. The zero-order valence-electron chi connectivity index (χ0n) is 18.4. The van der Waals surface area contributed by atoms with Gasteiger partial charge in [0.05, 0.1) is 17.6 Å². The summed E-state index contributed by atoms with van der Waals surface area (Å²) in [5.41, 5.74) is -2.99. The van der Waals surface area contributed by atoms with Crippen LogP contribution in [0.3, 0.4) is 0 Å². The number of esters is 1. The van der Waals surface area contributed by atoms with E-state index in [1.54, 1.807) is 37.3 Å². The maximum Gasteiger partial charge on any atom is 0.338 e. The molecule has 1 aromatic rings. The molecular formula is C23H28O11. The quantitative estimate of drug-likeness (QED) is 0.306. The lowest BCUT2D eigenvalue weighted by molar-refractivity contribution is -0.424. The van der Waals surface area contributed by atoms with Crippen LogP contribution in [0, 0.1) is 11.3 Å². The zero-order chi connectivity index (χ0) is 24.1. The molecule has 5 N–H and O–H groups in total. The molecule has 0 spiro atoms. The fourth-order valence-electron chi connectivity index (χ4n) is 6.87. The number of benzene rings is 1. The second-order valence-corrected chi connectivity index (χ2v) is 10.2. The van der Waals surface area contributed by atoms with Crippen LogP contribution in [0.4, 0.5) is 0 Å². The Morgan fingerprint density at radius 3 is 2.56 bits per heavy atom. The van der Waals surface area contributed by atoms with Gasteiger partial charge in [0, 0.05) is 12.3 Å². The molecule has 11 atom stereocenters. The highest BCUT2D eigenvalue weighted by atomic mass is 16.8. The summed E-state index contributed by atoms with van der Waals surface area (Å²) >= 11 is 0. The Morgan fingerprint density at radius 2 is 1.85 bits per heavy atom. The van der Waals surface area contributed by atoms with Gasteiger partial charge in [0.15, 0.2) is 18.4 Å². The number of hydrogen-bond acceptors (Lipinski definition) is 11. The average Bonchev–Trinajstić information content (AvgIpc) is 3.00. The maximum atomic E-state index is 12.7. The highest BCUT2D eigenvalue weighted by Gasteiger charge is 2.94. The van der Waals surface area contributed by atoms with Crippen LogP contribution in [-0.2, 0) is 23.7 Å². The van der Waals surface area contributed by atoms with E-state index in [9.17, 15) is 30.3 Å². The van der Waals surface area contributed by atoms with E-state index in [1.165, 1.54) is 0 Å². The molecule has 6 bridgehead atoms. The van der Waals surface area contributed by atoms with Crippen LogP contribution in [0.2, 0.25) is 0 Å². The third kappa shape index (κ3) is 2.59. The summed E-state index contributed by atoms with van der Waals surface area (Å²) in [4.78, 5) is 12.7. The van der Waals surface area contributed by atoms with Crippen molar-refractivity contribution in [1.82, 2.24) is 0 Å². The Bertz CT molecular complexity index is 988. The molecule has 0 radical (unpaired) electrons. The van der Waals surface area contributed by atoms with Crippen molar-refractivity contribution in [2.24, 2.45) is 11.3 Å². The molecule has 34 heavy (non-hydrogen) atoms. The average molecular weight is 480 g/mol. The van der Waals surface area contributed by atoms with Gasteiger partial charge in [-0.1, -0.05) is 18.2 Å². The van der Waals surface area contributed by atoms with Gasteiger partial charge < -0.3 is 49.2 Å². The van der Waals surface area contributed by atoms with Gasteiger partial charge >= 0.3 is 5.97 Å². The number of aliphatic hydroxyl groups excluding tert-OH is 4. The fraction of sp³-hybridized carbons (Fsp3) is 0.696. The lowest BCUT2D eigenvalue weighted by Gasteiger charge is -2.67. The third-order valence-electron chi connectivity index (χ3n) is 8.57. The van der Waals surface area contributed by atoms with Crippen molar-refractivity contribution in [2.75, 3.05) is 13.2 Å². The number of carbonyl (C=O) groups excluding carboxylic acids is 1. The number of rotatable bonds is 6. The van der Waals surface area contributed by atoms with E-state index in [0.29, 0.717) is 5.56 Å². The van der Waals surface area contributed by atoms with Crippen LogP contribution in [0.5, 0.6) is 0 Å². The first-order valence-electron chi connectivity index (χ1n) is 11.4. The van der Waals surface area contributed by atoms with Crippen LogP contribution in [-0.4, -0.2) is 98.7 Å². The molecule has 186 valence electrons. The summed E-state index contributed by atoms with van der Waals surface area (Å²) < 4.78 is 29.7. The molecule has 0 aromatic heterocycles. The van der Waals surface area contributed by atoms with Crippen LogP contribution in [0.1, 0.15) is 30.1 Å². The largest absolute Gasteiger partial charge is 0.461 e. The predicted molar refractivity (Wildman–Crippen MR) is 109 cm³/mol. The van der Waals surface area contributed by atoms with E-state index < -0.39 is 77.9 Å². The Hall–Kier alpha value is -1.67. The van der Waals surface area contributed by atoms with Crippen LogP contribution >= 0.6 is 0 Å². The second-order valence-electron chi connectivity index (χ2n) is 10.2. The van der Waals surface area contributed by atoms with E-state index >= 15 is 0 Å².